The Morgan fingerprint density at radius 1 is 1.59 bits per heavy atom. The van der Waals surface area contributed by atoms with Gasteiger partial charge in [-0.25, -0.2) is 0 Å². The van der Waals surface area contributed by atoms with Crippen LogP contribution in [0.4, 0.5) is 0 Å². The summed E-state index contributed by atoms with van der Waals surface area (Å²) >= 11 is 5.64. The summed E-state index contributed by atoms with van der Waals surface area (Å²) < 4.78 is 0. The predicted octanol–water partition coefficient (Wildman–Crippen LogP) is 3.17. The van der Waals surface area contributed by atoms with Crippen LogP contribution in [0.2, 0.25) is 0 Å². The van der Waals surface area contributed by atoms with E-state index in [-0.39, 0.29) is 11.8 Å². The first kappa shape index (κ1) is 17.9. The highest BCUT2D eigenvalue weighted by atomic mass is 35.5. The highest BCUT2D eigenvalue weighted by Crippen LogP contribution is 2.13. The molecule has 0 saturated heterocycles. The van der Waals surface area contributed by atoms with Crippen LogP contribution in [0.15, 0.2) is 59.2 Å². The Morgan fingerprint density at radius 3 is 2.95 bits per heavy atom. The maximum absolute atomic E-state index is 11.7. The molecule has 1 N–H and O–H groups in total. The van der Waals surface area contributed by atoms with Gasteiger partial charge in [-0.05, 0) is 24.4 Å². The van der Waals surface area contributed by atoms with E-state index in [1.54, 1.807) is 31.5 Å². The molecule has 0 spiro atoms. The molecule has 116 valence electrons. The number of aromatic nitrogens is 1. The minimum atomic E-state index is -0.133. The Morgan fingerprint density at radius 2 is 2.36 bits per heavy atom. The van der Waals surface area contributed by atoms with Crippen molar-refractivity contribution >= 4 is 24.2 Å². The Bertz CT molecular complexity index is 593. The smallest absolute Gasteiger partial charge is 0.251 e. The van der Waals surface area contributed by atoms with Crippen LogP contribution in [0.25, 0.3) is 0 Å². The third-order valence-electron chi connectivity index (χ3n) is 3.04. The lowest BCUT2D eigenvalue weighted by Gasteiger charge is -2.08. The number of allylic oxidation sites excluding steroid dienone is 2. The van der Waals surface area contributed by atoms with E-state index in [9.17, 15) is 4.79 Å². The van der Waals surface area contributed by atoms with Gasteiger partial charge in [-0.15, -0.1) is 0 Å². The van der Waals surface area contributed by atoms with Gasteiger partial charge in [-0.1, -0.05) is 36.4 Å². The summed E-state index contributed by atoms with van der Waals surface area (Å²) in [7, 11) is 1.60. The summed E-state index contributed by atoms with van der Waals surface area (Å²) in [5.41, 5.74) is 3.84. The number of carbonyl (C=O) groups excluding carboxylic acids is 1. The third-order valence-corrected chi connectivity index (χ3v) is 3.19. The fourth-order valence-corrected chi connectivity index (χ4v) is 2.14. The minimum absolute atomic E-state index is 0.0603. The summed E-state index contributed by atoms with van der Waals surface area (Å²) in [6.07, 6.45) is 7.84. The molecule has 1 heterocycles. The first-order chi connectivity index (χ1) is 10.6. The predicted molar refractivity (Wildman–Crippen MR) is 92.5 cm³/mol. The molecule has 0 bridgehead atoms. The van der Waals surface area contributed by atoms with Crippen molar-refractivity contribution in [2.45, 2.75) is 6.42 Å². The largest absolute Gasteiger partial charge is 0.355 e. The van der Waals surface area contributed by atoms with Crippen LogP contribution in [-0.2, 0) is 6.42 Å². The Kier molecular flexibility index (Phi) is 7.86. The number of carbonyl (C=O) groups is 1. The van der Waals surface area contributed by atoms with E-state index in [1.165, 1.54) is 5.54 Å². The maximum atomic E-state index is 11.7. The number of hydrogen-bond acceptors (Lipinski definition) is 3. The molecule has 1 unspecified atom stereocenters. The van der Waals surface area contributed by atoms with E-state index in [1.807, 2.05) is 12.2 Å². The van der Waals surface area contributed by atoms with E-state index in [0.29, 0.717) is 18.5 Å². The minimum Gasteiger partial charge on any atom is -0.355 e. The van der Waals surface area contributed by atoms with E-state index in [0.717, 1.165) is 11.3 Å². The number of nitrogens with one attached hydrogen (secondary N) is 1. The van der Waals surface area contributed by atoms with Gasteiger partial charge in [0.05, 0.1) is 0 Å². The molecule has 0 saturated carbocycles. The second kappa shape index (κ2) is 9.68. The summed E-state index contributed by atoms with van der Waals surface area (Å²) in [5, 5.41) is 2.60. The van der Waals surface area contributed by atoms with Crippen molar-refractivity contribution in [1.29, 1.82) is 0 Å². The van der Waals surface area contributed by atoms with Crippen molar-refractivity contribution < 1.29 is 4.79 Å². The molecule has 1 atom stereocenters. The first-order valence-corrected chi connectivity index (χ1v) is 7.27. The van der Waals surface area contributed by atoms with Gasteiger partial charge in [-0.2, -0.15) is 0 Å². The zero-order valence-electron chi connectivity index (χ0n) is 12.6. The average Bonchev–Trinajstić information content (AvgIpc) is 2.54. The molecule has 1 aromatic rings. The topological polar surface area (TPSA) is 54.4 Å². The molecule has 0 aliphatic rings. The van der Waals surface area contributed by atoms with Crippen LogP contribution in [0.1, 0.15) is 16.1 Å². The molecule has 5 heteroatoms. The highest BCUT2D eigenvalue weighted by molar-refractivity contribution is 6.25. The number of nitrogens with zero attached hydrogens (tertiary/aromatic N) is 2. The van der Waals surface area contributed by atoms with Crippen molar-refractivity contribution in [2.75, 3.05) is 13.6 Å². The molecule has 0 radical (unpaired) electrons. The highest BCUT2D eigenvalue weighted by Gasteiger charge is 2.07. The molecular formula is C17H20ClN3O. The van der Waals surface area contributed by atoms with E-state index in [2.05, 4.69) is 28.6 Å². The van der Waals surface area contributed by atoms with E-state index < -0.39 is 0 Å². The van der Waals surface area contributed by atoms with Crippen molar-refractivity contribution in [2.24, 2.45) is 10.9 Å². The molecule has 4 nitrogen and oxygen atoms in total. The summed E-state index contributed by atoms with van der Waals surface area (Å²) in [5.74, 6) is -0.0725. The summed E-state index contributed by atoms with van der Waals surface area (Å²) in [4.78, 5) is 19.8. The molecule has 0 aliphatic heterocycles. The normalized spacial score (nSPS) is 12.9. The van der Waals surface area contributed by atoms with Gasteiger partial charge in [0, 0.05) is 48.9 Å². The van der Waals surface area contributed by atoms with Crippen LogP contribution in [0.3, 0.4) is 0 Å². The zero-order chi connectivity index (χ0) is 16.4. The maximum Gasteiger partial charge on any atom is 0.251 e. The van der Waals surface area contributed by atoms with Gasteiger partial charge in [-0.3, -0.25) is 14.8 Å². The first-order valence-electron chi connectivity index (χ1n) is 6.84. The van der Waals surface area contributed by atoms with Crippen LogP contribution in [0.5, 0.6) is 0 Å². The van der Waals surface area contributed by atoms with Gasteiger partial charge < -0.3 is 5.32 Å². The SMILES string of the molecule is C=C/C(=C\C(/C=C/Cl)CN=C)Cc1cc(C(=O)NC)ccn1. The number of halogens is 1. The van der Waals surface area contributed by atoms with Gasteiger partial charge >= 0.3 is 0 Å². The lowest BCUT2D eigenvalue weighted by Crippen LogP contribution is -2.18. The van der Waals surface area contributed by atoms with E-state index in [4.69, 9.17) is 11.6 Å². The lowest BCUT2D eigenvalue weighted by molar-refractivity contribution is 0.0963. The second-order valence-electron chi connectivity index (χ2n) is 4.63. The second-order valence-corrected chi connectivity index (χ2v) is 4.88. The van der Waals surface area contributed by atoms with Crippen molar-refractivity contribution in [1.82, 2.24) is 10.3 Å². The van der Waals surface area contributed by atoms with Crippen molar-refractivity contribution in [3.05, 3.63) is 65.5 Å². The van der Waals surface area contributed by atoms with Crippen molar-refractivity contribution in [3.63, 3.8) is 0 Å². The molecule has 1 rings (SSSR count). The number of pyridine rings is 1. The summed E-state index contributed by atoms with van der Waals surface area (Å²) in [6.45, 7) is 7.87. The number of hydrogen-bond donors (Lipinski definition) is 1. The molecule has 0 aliphatic carbocycles. The lowest BCUT2D eigenvalue weighted by atomic mass is 10.0. The van der Waals surface area contributed by atoms with Crippen LogP contribution in [-0.4, -0.2) is 31.2 Å². The van der Waals surface area contributed by atoms with Gasteiger partial charge in [0.2, 0.25) is 0 Å². The van der Waals surface area contributed by atoms with Crippen LogP contribution < -0.4 is 5.32 Å². The molecule has 22 heavy (non-hydrogen) atoms. The summed E-state index contributed by atoms with van der Waals surface area (Å²) in [6, 6.07) is 3.45. The molecule has 0 fully saturated rings. The zero-order valence-corrected chi connectivity index (χ0v) is 13.4. The molecular weight excluding hydrogens is 298 g/mol. The molecule has 1 aromatic heterocycles. The Balaban J connectivity index is 2.96. The monoisotopic (exact) mass is 317 g/mol. The molecule has 0 aromatic carbocycles. The standard InChI is InChI=1S/C17H20ClN3O/c1-4-13(9-14(5-7-18)12-19-2)10-16-11-15(6-8-21-16)17(22)20-3/h4-9,11,14H,1-2,10,12H2,3H3,(H,20,22)/b7-5+,13-9+. The average molecular weight is 318 g/mol. The van der Waals surface area contributed by atoms with Crippen LogP contribution >= 0.6 is 11.6 Å². The number of aliphatic imine (C=N–C) groups is 1. The van der Waals surface area contributed by atoms with Crippen LogP contribution in [0, 0.1) is 5.92 Å². The Labute approximate surface area is 136 Å². The van der Waals surface area contributed by atoms with E-state index >= 15 is 0 Å². The number of rotatable bonds is 8. The van der Waals surface area contributed by atoms with Gasteiger partial charge in [0.15, 0.2) is 0 Å². The Hall–Kier alpha value is -2.20. The fraction of sp³-hybridized carbons (Fsp3) is 0.235. The van der Waals surface area contributed by atoms with Crippen molar-refractivity contribution in [3.8, 4) is 0 Å². The van der Waals surface area contributed by atoms with Gasteiger partial charge in [0.1, 0.15) is 0 Å². The van der Waals surface area contributed by atoms with Gasteiger partial charge in [0.25, 0.3) is 5.91 Å². The fourth-order valence-electron chi connectivity index (χ4n) is 1.96. The molecule has 1 amide bonds. The number of amides is 1. The quantitative estimate of drug-likeness (QED) is 0.591. The third kappa shape index (κ3) is 5.66.